The van der Waals surface area contributed by atoms with Gasteiger partial charge in [-0.25, -0.2) is 0 Å². The average Bonchev–Trinajstić information content (AvgIpc) is 2.89. The van der Waals surface area contributed by atoms with Crippen LogP contribution in [0.1, 0.15) is 46.0 Å². The minimum atomic E-state index is -1.19. The van der Waals surface area contributed by atoms with Gasteiger partial charge in [0.2, 0.25) is 0 Å². The molecule has 3 aliphatic rings. The number of carboxylic acid groups (broad SMARTS) is 1. The summed E-state index contributed by atoms with van der Waals surface area (Å²) in [6.45, 7) is 5.02. The van der Waals surface area contributed by atoms with E-state index in [1.165, 1.54) is 11.1 Å². The Hall–Kier alpha value is -0.870. The van der Waals surface area contributed by atoms with Crippen molar-refractivity contribution < 1.29 is 14.6 Å². The second-order valence-corrected chi connectivity index (χ2v) is 6.83. The zero-order valence-corrected chi connectivity index (χ0v) is 11.7. The van der Waals surface area contributed by atoms with E-state index in [1.807, 2.05) is 0 Å². The van der Waals surface area contributed by atoms with E-state index in [1.54, 1.807) is 0 Å². The fourth-order valence-corrected chi connectivity index (χ4v) is 4.47. The van der Waals surface area contributed by atoms with Crippen LogP contribution in [0, 0.1) is 11.3 Å². The number of fused-ring (bicyclic) bond motifs is 1. The van der Waals surface area contributed by atoms with Gasteiger partial charge in [-0.2, -0.15) is 0 Å². The van der Waals surface area contributed by atoms with Crippen molar-refractivity contribution in [2.45, 2.75) is 57.6 Å². The highest BCUT2D eigenvalue weighted by Crippen LogP contribution is 2.59. The van der Waals surface area contributed by atoms with Crippen LogP contribution in [0.4, 0.5) is 0 Å². The van der Waals surface area contributed by atoms with Crippen molar-refractivity contribution in [3.63, 3.8) is 0 Å². The number of carboxylic acids is 1. The number of rotatable bonds is 1. The van der Waals surface area contributed by atoms with Crippen LogP contribution < -0.4 is 5.73 Å². The molecule has 1 heterocycles. The maximum atomic E-state index is 11.5. The number of hydrogen-bond donors (Lipinski definition) is 2. The Morgan fingerprint density at radius 1 is 1.42 bits per heavy atom. The van der Waals surface area contributed by atoms with Crippen molar-refractivity contribution >= 4 is 5.97 Å². The Labute approximate surface area is 114 Å². The summed E-state index contributed by atoms with van der Waals surface area (Å²) in [4.78, 5) is 11.5. The molecule has 0 aromatic carbocycles. The van der Waals surface area contributed by atoms with E-state index < -0.39 is 11.5 Å². The molecule has 0 aromatic rings. The second-order valence-electron chi connectivity index (χ2n) is 6.83. The Balaban J connectivity index is 1.99. The third-order valence-electron chi connectivity index (χ3n) is 5.68. The molecular weight excluding hydrogens is 242 g/mol. The highest BCUT2D eigenvalue weighted by molar-refractivity contribution is 5.79. The van der Waals surface area contributed by atoms with E-state index in [0.717, 1.165) is 25.7 Å². The molecule has 0 unspecified atom stereocenters. The van der Waals surface area contributed by atoms with Crippen LogP contribution in [0.25, 0.3) is 0 Å². The Kier molecular flexibility index (Phi) is 2.81. The highest BCUT2D eigenvalue weighted by atomic mass is 16.5. The first-order valence-electron chi connectivity index (χ1n) is 7.19. The SMILES string of the molecule is CC(C)=C1CC[C@]23CO[C@H](C2)[C@@](N)(C(=O)O)CC[C@@H]13. The van der Waals surface area contributed by atoms with Crippen LogP contribution in [0.2, 0.25) is 0 Å². The van der Waals surface area contributed by atoms with Gasteiger partial charge in [-0.15, -0.1) is 0 Å². The van der Waals surface area contributed by atoms with Crippen molar-refractivity contribution in [1.82, 2.24) is 0 Å². The van der Waals surface area contributed by atoms with Gasteiger partial charge in [0.05, 0.1) is 12.7 Å². The molecule has 2 saturated carbocycles. The summed E-state index contributed by atoms with van der Waals surface area (Å²) in [6.07, 6.45) is 4.20. The minimum absolute atomic E-state index is 0.161. The van der Waals surface area contributed by atoms with E-state index in [-0.39, 0.29) is 11.5 Å². The summed E-state index contributed by atoms with van der Waals surface area (Å²) in [5.41, 5.74) is 8.05. The van der Waals surface area contributed by atoms with E-state index in [9.17, 15) is 9.90 Å². The number of allylic oxidation sites excluding steroid dienone is 2. The summed E-state index contributed by atoms with van der Waals surface area (Å²) in [5, 5.41) is 9.46. The summed E-state index contributed by atoms with van der Waals surface area (Å²) < 4.78 is 5.84. The highest BCUT2D eigenvalue weighted by Gasteiger charge is 2.59. The fourth-order valence-electron chi connectivity index (χ4n) is 4.47. The molecule has 1 spiro atoms. The lowest BCUT2D eigenvalue weighted by Crippen LogP contribution is -2.56. The maximum Gasteiger partial charge on any atom is 0.326 e. The Bertz CT molecular complexity index is 454. The summed E-state index contributed by atoms with van der Waals surface area (Å²) in [6, 6.07) is 0. The molecule has 0 aromatic heterocycles. The Morgan fingerprint density at radius 2 is 2.16 bits per heavy atom. The average molecular weight is 265 g/mol. The fraction of sp³-hybridized carbons (Fsp3) is 0.800. The van der Waals surface area contributed by atoms with Gasteiger partial charge in [-0.3, -0.25) is 4.79 Å². The van der Waals surface area contributed by atoms with Gasteiger partial charge < -0.3 is 15.6 Å². The van der Waals surface area contributed by atoms with Gasteiger partial charge in [0, 0.05) is 5.41 Å². The van der Waals surface area contributed by atoms with Crippen molar-refractivity contribution in [3.05, 3.63) is 11.1 Å². The normalized spacial score (nSPS) is 44.9. The maximum absolute atomic E-state index is 11.5. The van der Waals surface area contributed by atoms with Crippen LogP contribution in [0.15, 0.2) is 11.1 Å². The summed E-state index contributed by atoms with van der Waals surface area (Å²) in [7, 11) is 0. The lowest BCUT2D eigenvalue weighted by molar-refractivity contribution is -0.149. The van der Waals surface area contributed by atoms with E-state index in [0.29, 0.717) is 18.9 Å². The standard InChI is InChI=1S/C15H23NO3/c1-9(2)10-3-5-14-7-12(19-8-14)15(16,13(17)18)6-4-11(10)14/h11-12H,3-8,16H2,1-2H3,(H,17,18)/t11-,12+,14+,15+/m0/s1. The first kappa shape index (κ1) is 13.1. The number of ether oxygens (including phenoxy) is 1. The van der Waals surface area contributed by atoms with Crippen molar-refractivity contribution in [2.24, 2.45) is 17.1 Å². The van der Waals surface area contributed by atoms with Gasteiger partial charge in [0.15, 0.2) is 0 Å². The van der Waals surface area contributed by atoms with E-state index in [2.05, 4.69) is 13.8 Å². The molecule has 19 heavy (non-hydrogen) atoms. The van der Waals surface area contributed by atoms with Crippen LogP contribution >= 0.6 is 0 Å². The zero-order valence-electron chi connectivity index (χ0n) is 11.7. The van der Waals surface area contributed by atoms with Gasteiger partial charge in [-0.1, -0.05) is 11.1 Å². The largest absolute Gasteiger partial charge is 0.480 e. The summed E-state index contributed by atoms with van der Waals surface area (Å²) >= 11 is 0. The lowest BCUT2D eigenvalue weighted by atomic mass is 9.74. The molecule has 4 heteroatoms. The van der Waals surface area contributed by atoms with Gasteiger partial charge >= 0.3 is 5.97 Å². The van der Waals surface area contributed by atoms with Gasteiger partial charge in [0.1, 0.15) is 5.54 Å². The van der Waals surface area contributed by atoms with Crippen molar-refractivity contribution in [1.29, 1.82) is 0 Å². The number of nitrogens with two attached hydrogens (primary N) is 1. The molecule has 3 fully saturated rings. The first-order chi connectivity index (χ1) is 8.89. The molecule has 4 atom stereocenters. The molecule has 1 saturated heterocycles. The molecule has 2 bridgehead atoms. The minimum Gasteiger partial charge on any atom is -0.480 e. The second kappa shape index (κ2) is 4.06. The first-order valence-corrected chi connectivity index (χ1v) is 7.19. The van der Waals surface area contributed by atoms with E-state index >= 15 is 0 Å². The van der Waals surface area contributed by atoms with Gasteiger partial charge in [0.25, 0.3) is 0 Å². The number of hydrogen-bond acceptors (Lipinski definition) is 3. The predicted molar refractivity (Wildman–Crippen MR) is 71.7 cm³/mol. The van der Waals surface area contributed by atoms with Crippen LogP contribution in [-0.2, 0) is 9.53 Å². The van der Waals surface area contributed by atoms with Crippen molar-refractivity contribution in [3.8, 4) is 0 Å². The lowest BCUT2D eigenvalue weighted by Gasteiger charge is -2.32. The summed E-state index contributed by atoms with van der Waals surface area (Å²) in [5.74, 6) is -0.430. The topological polar surface area (TPSA) is 72.5 Å². The molecule has 1 aliphatic heterocycles. The third kappa shape index (κ3) is 1.69. The van der Waals surface area contributed by atoms with Crippen LogP contribution in [0.3, 0.4) is 0 Å². The predicted octanol–water partition coefficient (Wildman–Crippen LogP) is 2.08. The molecule has 3 rings (SSSR count). The molecule has 3 N–H and O–H groups in total. The molecular formula is C15H23NO3. The number of aliphatic carboxylic acids is 1. The smallest absolute Gasteiger partial charge is 0.326 e. The molecule has 2 aliphatic carbocycles. The molecule has 4 nitrogen and oxygen atoms in total. The van der Waals surface area contributed by atoms with Crippen molar-refractivity contribution in [2.75, 3.05) is 6.61 Å². The third-order valence-corrected chi connectivity index (χ3v) is 5.68. The van der Waals surface area contributed by atoms with E-state index in [4.69, 9.17) is 10.5 Å². The monoisotopic (exact) mass is 265 g/mol. The number of carbonyl (C=O) groups is 1. The van der Waals surface area contributed by atoms with Gasteiger partial charge in [-0.05, 0) is 51.9 Å². The quantitative estimate of drug-likeness (QED) is 0.712. The molecule has 106 valence electrons. The molecule has 0 amide bonds. The Morgan fingerprint density at radius 3 is 2.79 bits per heavy atom. The van der Waals surface area contributed by atoms with Crippen LogP contribution in [0.5, 0.6) is 0 Å². The zero-order chi connectivity index (χ0) is 13.8. The van der Waals surface area contributed by atoms with Crippen LogP contribution in [-0.4, -0.2) is 29.3 Å². The molecule has 0 radical (unpaired) electrons.